The summed E-state index contributed by atoms with van der Waals surface area (Å²) < 4.78 is 40.6. The van der Waals surface area contributed by atoms with Gasteiger partial charge >= 0.3 is 0 Å². The Morgan fingerprint density at radius 2 is 1.86 bits per heavy atom. The smallest absolute Gasteiger partial charge is 0.262 e. The summed E-state index contributed by atoms with van der Waals surface area (Å²) in [4.78, 5) is 12.3. The van der Waals surface area contributed by atoms with E-state index in [2.05, 4.69) is 10.0 Å². The van der Waals surface area contributed by atoms with Crippen molar-refractivity contribution in [3.05, 3.63) is 59.4 Å². The van der Waals surface area contributed by atoms with Crippen molar-refractivity contribution in [3.63, 3.8) is 0 Å². The van der Waals surface area contributed by atoms with E-state index in [9.17, 15) is 17.6 Å². The first-order chi connectivity index (χ1) is 12.8. The third-order valence-electron chi connectivity index (χ3n) is 4.59. The first-order valence-corrected chi connectivity index (χ1v) is 10.2. The van der Waals surface area contributed by atoms with Gasteiger partial charge in [0.15, 0.2) is 0 Å². The number of hydrogen-bond acceptors (Lipinski definition) is 4. The lowest BCUT2D eigenvalue weighted by Crippen LogP contribution is -2.41. The number of carbonyl (C=O) groups is 1. The molecule has 1 saturated carbocycles. The van der Waals surface area contributed by atoms with Gasteiger partial charge in [-0.3, -0.25) is 9.52 Å². The van der Waals surface area contributed by atoms with Crippen LogP contribution < -0.4 is 15.8 Å². The van der Waals surface area contributed by atoms with Gasteiger partial charge in [0.1, 0.15) is 5.82 Å². The van der Waals surface area contributed by atoms with E-state index in [0.717, 1.165) is 25.0 Å². The van der Waals surface area contributed by atoms with Crippen molar-refractivity contribution in [1.82, 2.24) is 5.32 Å². The van der Waals surface area contributed by atoms with Crippen molar-refractivity contribution in [1.29, 1.82) is 0 Å². The number of aryl methyl sites for hydroxylation is 1. The lowest BCUT2D eigenvalue weighted by Gasteiger charge is -2.16. The summed E-state index contributed by atoms with van der Waals surface area (Å²) in [6.07, 6.45) is 2.15. The van der Waals surface area contributed by atoms with Crippen molar-refractivity contribution in [2.24, 2.45) is 11.7 Å². The minimum Gasteiger partial charge on any atom is -0.348 e. The Labute approximate surface area is 170 Å². The summed E-state index contributed by atoms with van der Waals surface area (Å²) in [5, 5.41) is 2.91. The summed E-state index contributed by atoms with van der Waals surface area (Å²) in [5.74, 6) is -0.283. The molecule has 2 aromatic carbocycles. The van der Waals surface area contributed by atoms with Crippen LogP contribution in [-0.4, -0.2) is 26.9 Å². The van der Waals surface area contributed by atoms with Gasteiger partial charge in [-0.15, -0.1) is 12.4 Å². The van der Waals surface area contributed by atoms with Crippen LogP contribution in [0.15, 0.2) is 47.4 Å². The van der Waals surface area contributed by atoms with E-state index in [1.165, 1.54) is 25.1 Å². The second-order valence-electron chi connectivity index (χ2n) is 6.75. The molecule has 6 nitrogen and oxygen atoms in total. The number of amides is 1. The largest absolute Gasteiger partial charge is 0.348 e. The van der Waals surface area contributed by atoms with E-state index in [1.54, 1.807) is 12.1 Å². The Morgan fingerprint density at radius 1 is 1.21 bits per heavy atom. The predicted octanol–water partition coefficient (Wildman–Crippen LogP) is 2.82. The molecule has 4 N–H and O–H groups in total. The maximum atomic E-state index is 13.2. The van der Waals surface area contributed by atoms with Gasteiger partial charge in [-0.05, 0) is 73.7 Å². The highest BCUT2D eigenvalue weighted by atomic mass is 35.5. The number of nitrogens with two attached hydrogens (primary N) is 1. The van der Waals surface area contributed by atoms with Crippen molar-refractivity contribution in [3.8, 4) is 0 Å². The van der Waals surface area contributed by atoms with Crippen LogP contribution in [0.25, 0.3) is 0 Å². The molecule has 0 bridgehead atoms. The molecule has 0 radical (unpaired) electrons. The number of sulfonamides is 1. The number of halogens is 2. The fourth-order valence-electron chi connectivity index (χ4n) is 2.93. The highest BCUT2D eigenvalue weighted by Crippen LogP contribution is 2.32. The van der Waals surface area contributed by atoms with E-state index < -0.39 is 15.8 Å². The van der Waals surface area contributed by atoms with E-state index in [4.69, 9.17) is 5.73 Å². The van der Waals surface area contributed by atoms with Crippen molar-refractivity contribution in [2.45, 2.75) is 30.7 Å². The summed E-state index contributed by atoms with van der Waals surface area (Å²) in [7, 11) is -3.85. The molecule has 28 heavy (non-hydrogen) atoms. The normalized spacial score (nSPS) is 14.7. The number of rotatable bonds is 7. The first kappa shape index (κ1) is 22.1. The third-order valence-corrected chi connectivity index (χ3v) is 6.13. The van der Waals surface area contributed by atoms with Crippen LogP contribution in [0, 0.1) is 18.7 Å². The van der Waals surface area contributed by atoms with Crippen LogP contribution in [0.4, 0.5) is 10.1 Å². The van der Waals surface area contributed by atoms with Crippen molar-refractivity contribution < 1.29 is 17.6 Å². The molecule has 9 heteroatoms. The zero-order valence-corrected chi connectivity index (χ0v) is 16.9. The third kappa shape index (κ3) is 5.21. The van der Waals surface area contributed by atoms with E-state index >= 15 is 0 Å². The minimum atomic E-state index is -3.85. The Bertz CT molecular complexity index is 947. The van der Waals surface area contributed by atoms with Crippen LogP contribution >= 0.6 is 12.4 Å². The van der Waals surface area contributed by atoms with Gasteiger partial charge in [0.2, 0.25) is 0 Å². The molecule has 1 aliphatic rings. The highest BCUT2D eigenvalue weighted by molar-refractivity contribution is 7.92. The van der Waals surface area contributed by atoms with Crippen LogP contribution in [-0.2, 0) is 10.0 Å². The van der Waals surface area contributed by atoms with Gasteiger partial charge < -0.3 is 11.1 Å². The second-order valence-corrected chi connectivity index (χ2v) is 8.40. The summed E-state index contributed by atoms with van der Waals surface area (Å²) in [6, 6.07) is 9.57. The second kappa shape index (κ2) is 8.89. The number of carbonyl (C=O) groups excluding carboxylic acids is 1. The van der Waals surface area contributed by atoms with Gasteiger partial charge in [-0.1, -0.05) is 0 Å². The Morgan fingerprint density at radius 3 is 2.39 bits per heavy atom. The number of hydrogen-bond donors (Lipinski definition) is 3. The Balaban J connectivity index is 0.00000280. The molecular formula is C19H23ClFN3O3S. The molecule has 0 saturated heterocycles. The average Bonchev–Trinajstić information content (AvgIpc) is 3.44. The molecular weight excluding hydrogens is 405 g/mol. The topological polar surface area (TPSA) is 101 Å². The van der Waals surface area contributed by atoms with Gasteiger partial charge in [-0.25, -0.2) is 12.8 Å². The number of nitrogens with one attached hydrogen (secondary N) is 2. The molecule has 2 aromatic rings. The molecule has 3 rings (SSSR count). The fraction of sp³-hybridized carbons (Fsp3) is 0.316. The number of benzene rings is 2. The molecule has 152 valence electrons. The zero-order valence-electron chi connectivity index (χ0n) is 15.3. The summed E-state index contributed by atoms with van der Waals surface area (Å²) in [5.41, 5.74) is 6.75. The Kier molecular flexibility index (Phi) is 7.03. The minimum absolute atomic E-state index is 0. The molecule has 1 aliphatic carbocycles. The molecule has 1 atom stereocenters. The van der Waals surface area contributed by atoms with Gasteiger partial charge in [0.05, 0.1) is 4.90 Å². The summed E-state index contributed by atoms with van der Waals surface area (Å²) >= 11 is 0. The molecule has 1 fully saturated rings. The summed E-state index contributed by atoms with van der Waals surface area (Å²) in [6.45, 7) is 1.92. The molecule has 0 spiro atoms. The van der Waals surface area contributed by atoms with Gasteiger partial charge in [0, 0.05) is 23.8 Å². The lowest BCUT2D eigenvalue weighted by atomic mass is 10.1. The van der Waals surface area contributed by atoms with Crippen LogP contribution in [0.3, 0.4) is 0 Å². The SMILES string of the molecule is Cc1cc(F)ccc1S(=O)(=O)Nc1ccc(C(=O)NC(CN)C2CC2)cc1.Cl. The fourth-order valence-corrected chi connectivity index (χ4v) is 4.22. The number of anilines is 1. The molecule has 1 amide bonds. The predicted molar refractivity (Wildman–Crippen MR) is 109 cm³/mol. The van der Waals surface area contributed by atoms with E-state index in [0.29, 0.717) is 29.3 Å². The molecule has 1 unspecified atom stereocenters. The molecule has 0 aromatic heterocycles. The van der Waals surface area contributed by atoms with Gasteiger partial charge in [0.25, 0.3) is 15.9 Å². The monoisotopic (exact) mass is 427 g/mol. The maximum absolute atomic E-state index is 13.2. The van der Waals surface area contributed by atoms with E-state index in [1.807, 2.05) is 0 Å². The average molecular weight is 428 g/mol. The van der Waals surface area contributed by atoms with Crippen molar-refractivity contribution >= 4 is 34.0 Å². The van der Waals surface area contributed by atoms with Crippen molar-refractivity contribution in [2.75, 3.05) is 11.3 Å². The first-order valence-electron chi connectivity index (χ1n) is 8.70. The van der Waals surface area contributed by atoms with Crippen LogP contribution in [0.1, 0.15) is 28.8 Å². The standard InChI is InChI=1S/C19H22FN3O3S.ClH/c1-12-10-15(20)6-9-18(12)27(25,26)23-16-7-4-14(5-8-16)19(24)22-17(11-21)13-2-3-13;/h4-10,13,17,23H,2-3,11,21H2,1H3,(H,22,24);1H. The maximum Gasteiger partial charge on any atom is 0.262 e. The Hall–Kier alpha value is -2.16. The van der Waals surface area contributed by atoms with E-state index in [-0.39, 0.29) is 29.3 Å². The van der Waals surface area contributed by atoms with Gasteiger partial charge in [-0.2, -0.15) is 0 Å². The lowest BCUT2D eigenvalue weighted by molar-refractivity contribution is 0.0933. The highest BCUT2D eigenvalue weighted by Gasteiger charge is 2.31. The molecule has 0 heterocycles. The van der Waals surface area contributed by atoms with Crippen LogP contribution in [0.2, 0.25) is 0 Å². The zero-order chi connectivity index (χ0) is 19.6. The van der Waals surface area contributed by atoms with Crippen LogP contribution in [0.5, 0.6) is 0 Å². The quantitative estimate of drug-likeness (QED) is 0.632. The molecule has 0 aliphatic heterocycles.